The van der Waals surface area contributed by atoms with Crippen LogP contribution >= 0.6 is 0 Å². The molecule has 3 saturated heterocycles. The Hall–Kier alpha value is -6.82. The van der Waals surface area contributed by atoms with Crippen molar-refractivity contribution in [3.63, 3.8) is 0 Å². The summed E-state index contributed by atoms with van der Waals surface area (Å²) < 4.78 is 9.14. The quantitative estimate of drug-likeness (QED) is 0.130. The van der Waals surface area contributed by atoms with Gasteiger partial charge in [0.25, 0.3) is 17.4 Å². The number of piperidine rings is 1. The molecular formula is C55H65N11O6. The molecule has 1 unspecified atom stereocenters. The number of carbonyl (C=O) groups excluding carboxylic acids is 3. The number of aryl methyl sites for hydroxylation is 1. The second kappa shape index (κ2) is 19.0. The highest BCUT2D eigenvalue weighted by Crippen LogP contribution is 2.41. The van der Waals surface area contributed by atoms with Crippen LogP contribution in [0.15, 0.2) is 78.4 Å². The third kappa shape index (κ3) is 8.74. The van der Waals surface area contributed by atoms with E-state index in [9.17, 15) is 24.3 Å². The first kappa shape index (κ1) is 47.5. The average molecular weight is 976 g/mol. The maximum absolute atomic E-state index is 14.1. The fraction of sp³-hybridized carbons (Fsp3) is 0.455. The van der Waals surface area contributed by atoms with Crippen LogP contribution in [0.2, 0.25) is 0 Å². The monoisotopic (exact) mass is 976 g/mol. The van der Waals surface area contributed by atoms with Crippen molar-refractivity contribution in [2.45, 2.75) is 97.1 Å². The minimum atomic E-state index is -0.404. The number of hydrogen-bond acceptors (Lipinski definition) is 12. The third-order valence-corrected chi connectivity index (χ3v) is 16.0. The Kier molecular flexibility index (Phi) is 12.5. The van der Waals surface area contributed by atoms with Gasteiger partial charge in [0.15, 0.2) is 5.82 Å². The predicted molar refractivity (Wildman–Crippen MR) is 278 cm³/mol. The number of anilines is 6. The summed E-state index contributed by atoms with van der Waals surface area (Å²) in [6.45, 7) is 17.5. The maximum atomic E-state index is 14.1. The number of piperazine rings is 1. The van der Waals surface area contributed by atoms with Crippen LogP contribution in [0.4, 0.5) is 34.4 Å². The van der Waals surface area contributed by atoms with E-state index in [-0.39, 0.29) is 46.6 Å². The zero-order valence-electron chi connectivity index (χ0n) is 41.8. The number of hydrogen-bond donors (Lipinski definition) is 3. The lowest BCUT2D eigenvalue weighted by Crippen LogP contribution is -2.57. The van der Waals surface area contributed by atoms with Gasteiger partial charge in [0.05, 0.1) is 23.7 Å². The van der Waals surface area contributed by atoms with E-state index in [0.29, 0.717) is 78.6 Å². The van der Waals surface area contributed by atoms with E-state index < -0.39 is 6.61 Å². The molecule has 0 spiro atoms. The number of aliphatic hydroxyl groups excluding tert-OH is 1. The summed E-state index contributed by atoms with van der Waals surface area (Å²) in [5.74, 6) is 0.0426. The van der Waals surface area contributed by atoms with E-state index in [1.54, 1.807) is 30.4 Å². The summed E-state index contributed by atoms with van der Waals surface area (Å²) >= 11 is 0. The molecule has 11 rings (SSSR count). The standard InChI is InChI=1S/C55H65N11O6/c1-6-49(68)58-44-27-37(57-50-54(71)60(5)32-45(59-50)42-11-16-56-51(43(42)33-67)65-22-21-64-47(53(65)70)26-35-28-55(3,4)29-48(35)64)7-10-46(44)63-20-19-62(30-34(63)2)38-12-17-61(18-13-38)40-8-9-41-36(25-40)31-66(52(41)69)39-14-23-72-24-15-39/h6-11,16,25-27,32,34,38-39,67H,1,12-15,17-24,28-31,33H2,2-5H3,(H,57,59)(H,58,68). The molecule has 2 aromatic carbocycles. The van der Waals surface area contributed by atoms with Crippen molar-refractivity contribution < 1.29 is 24.2 Å². The number of aliphatic hydroxyl groups is 1. The Labute approximate surface area is 420 Å². The van der Waals surface area contributed by atoms with Crippen molar-refractivity contribution in [2.24, 2.45) is 12.5 Å². The number of fused-ring (bicyclic) bond motifs is 4. The minimum Gasteiger partial charge on any atom is -0.392 e. The maximum Gasteiger partial charge on any atom is 0.293 e. The van der Waals surface area contributed by atoms with Crippen molar-refractivity contribution in [2.75, 3.05) is 77.8 Å². The lowest BCUT2D eigenvalue weighted by Gasteiger charge is -2.47. The molecule has 1 aliphatic carbocycles. The van der Waals surface area contributed by atoms with Gasteiger partial charge in [0, 0.05) is 137 Å². The van der Waals surface area contributed by atoms with Crippen LogP contribution in [-0.2, 0) is 49.1 Å². The molecule has 0 radical (unpaired) electrons. The summed E-state index contributed by atoms with van der Waals surface area (Å²) in [4.78, 5) is 74.5. The molecule has 3 fully saturated rings. The third-order valence-electron chi connectivity index (χ3n) is 16.0. The van der Waals surface area contributed by atoms with Gasteiger partial charge in [-0.3, -0.25) is 29.0 Å². The predicted octanol–water partition coefficient (Wildman–Crippen LogP) is 6.10. The van der Waals surface area contributed by atoms with Gasteiger partial charge in [-0.1, -0.05) is 20.4 Å². The molecule has 17 heteroatoms. The second-order valence-corrected chi connectivity index (χ2v) is 21.3. The zero-order valence-corrected chi connectivity index (χ0v) is 41.8. The van der Waals surface area contributed by atoms with E-state index >= 15 is 0 Å². The number of nitrogens with one attached hydrogen (secondary N) is 2. The van der Waals surface area contributed by atoms with Crippen LogP contribution in [0.25, 0.3) is 11.3 Å². The number of benzene rings is 2. The summed E-state index contributed by atoms with van der Waals surface area (Å²) in [6, 6.07) is 16.6. The van der Waals surface area contributed by atoms with E-state index in [1.165, 1.54) is 27.6 Å². The first-order valence-corrected chi connectivity index (χ1v) is 25.6. The zero-order chi connectivity index (χ0) is 50.0. The van der Waals surface area contributed by atoms with Crippen LogP contribution in [0.5, 0.6) is 0 Å². The van der Waals surface area contributed by atoms with E-state index in [2.05, 4.69) is 74.4 Å². The number of pyridine rings is 1. The van der Waals surface area contributed by atoms with Gasteiger partial charge in [-0.15, -0.1) is 0 Å². The average Bonchev–Trinajstić information content (AvgIpc) is 4.01. The lowest BCUT2D eigenvalue weighted by molar-refractivity contribution is -0.111. The van der Waals surface area contributed by atoms with E-state index in [0.717, 1.165) is 88.1 Å². The van der Waals surface area contributed by atoms with Crippen molar-refractivity contribution in [3.05, 3.63) is 118 Å². The highest BCUT2D eigenvalue weighted by atomic mass is 16.5. The fourth-order valence-electron chi connectivity index (χ4n) is 12.3. The molecule has 5 aliphatic heterocycles. The van der Waals surface area contributed by atoms with Crippen LogP contribution < -0.4 is 30.9 Å². The molecule has 376 valence electrons. The first-order chi connectivity index (χ1) is 34.8. The Bertz CT molecular complexity index is 3040. The van der Waals surface area contributed by atoms with Gasteiger partial charge in [-0.2, -0.15) is 0 Å². The van der Waals surface area contributed by atoms with Crippen LogP contribution in [0.3, 0.4) is 0 Å². The molecule has 0 saturated carbocycles. The number of carbonyl (C=O) groups is 3. The number of rotatable bonds is 11. The van der Waals surface area contributed by atoms with Crippen LogP contribution in [-0.4, -0.2) is 122 Å². The van der Waals surface area contributed by atoms with Gasteiger partial charge in [0.1, 0.15) is 11.5 Å². The van der Waals surface area contributed by atoms with Gasteiger partial charge in [-0.05, 0) is 117 Å². The Morgan fingerprint density at radius 3 is 2.46 bits per heavy atom. The van der Waals surface area contributed by atoms with E-state index in [1.807, 2.05) is 35.2 Å². The van der Waals surface area contributed by atoms with Crippen LogP contribution in [0, 0.1) is 5.41 Å². The summed E-state index contributed by atoms with van der Waals surface area (Å²) in [5, 5.41) is 17.1. The lowest BCUT2D eigenvalue weighted by atomic mass is 9.90. The summed E-state index contributed by atoms with van der Waals surface area (Å²) in [5.41, 5.74) is 9.39. The number of amides is 3. The second-order valence-electron chi connectivity index (χ2n) is 21.3. The fourth-order valence-corrected chi connectivity index (χ4v) is 12.3. The van der Waals surface area contributed by atoms with E-state index in [4.69, 9.17) is 9.72 Å². The molecule has 72 heavy (non-hydrogen) atoms. The molecule has 1 atom stereocenters. The Balaban J connectivity index is 0.770. The molecule has 0 bridgehead atoms. The molecule has 3 N–H and O–H groups in total. The van der Waals surface area contributed by atoms with Gasteiger partial charge < -0.3 is 44.3 Å². The minimum absolute atomic E-state index is 0.0480. The molecule has 6 aliphatic rings. The molecule has 8 heterocycles. The van der Waals surface area contributed by atoms with Crippen molar-refractivity contribution in [1.29, 1.82) is 0 Å². The van der Waals surface area contributed by atoms with Crippen LogP contribution in [0.1, 0.15) is 89.7 Å². The topological polar surface area (TPSA) is 174 Å². The molecular weight excluding hydrogens is 911 g/mol. The molecule has 3 aromatic heterocycles. The molecule has 5 aromatic rings. The largest absolute Gasteiger partial charge is 0.392 e. The summed E-state index contributed by atoms with van der Waals surface area (Å²) in [6.07, 6.45) is 10.2. The highest BCUT2D eigenvalue weighted by molar-refractivity contribution is 6.06. The SMILES string of the molecule is C=CC(=O)Nc1cc(Nc2nc(-c3ccnc(N4CCn5c(cc6c5CC(C)(C)C6)C4=O)c3CO)cn(C)c2=O)ccc1N1CCN(C2CCN(c3ccc4c(c3)CN(C3CCOCC3)C4=O)CC2)CC1C. The number of nitrogens with zero attached hydrogens (tertiary/aromatic N) is 9. The van der Waals surface area contributed by atoms with Gasteiger partial charge >= 0.3 is 0 Å². The van der Waals surface area contributed by atoms with Gasteiger partial charge in [0.2, 0.25) is 5.91 Å². The molecule has 3 amide bonds. The Morgan fingerprint density at radius 1 is 0.889 bits per heavy atom. The normalized spacial score (nSPS) is 20.4. The van der Waals surface area contributed by atoms with Crippen molar-refractivity contribution in [1.82, 2.24) is 28.9 Å². The van der Waals surface area contributed by atoms with Crippen molar-refractivity contribution in [3.8, 4) is 11.3 Å². The Morgan fingerprint density at radius 2 is 1.69 bits per heavy atom. The number of ether oxygens (including phenoxy) is 1. The smallest absolute Gasteiger partial charge is 0.293 e. The highest BCUT2D eigenvalue weighted by Gasteiger charge is 2.39. The van der Waals surface area contributed by atoms with Crippen molar-refractivity contribution >= 4 is 52.1 Å². The summed E-state index contributed by atoms with van der Waals surface area (Å²) in [7, 11) is 1.64. The molecule has 17 nitrogen and oxygen atoms in total. The number of aromatic nitrogens is 4. The first-order valence-electron chi connectivity index (χ1n) is 25.6. The van der Waals surface area contributed by atoms with Gasteiger partial charge in [-0.25, -0.2) is 9.97 Å².